The van der Waals surface area contributed by atoms with Gasteiger partial charge in [0.15, 0.2) is 0 Å². The van der Waals surface area contributed by atoms with E-state index in [0.717, 1.165) is 31.6 Å². The highest BCUT2D eigenvalue weighted by Crippen LogP contribution is 2.37. The van der Waals surface area contributed by atoms with Crippen LogP contribution >= 0.6 is 0 Å². The summed E-state index contributed by atoms with van der Waals surface area (Å²) in [5.41, 5.74) is 6.31. The molecule has 1 aliphatic rings. The van der Waals surface area contributed by atoms with Gasteiger partial charge in [-0.2, -0.15) is 0 Å². The molecule has 0 spiro atoms. The third-order valence-electron chi connectivity index (χ3n) is 3.87. The SMILES string of the molecule is CCCn1cnnc1C1(C)CCCCC1N. The molecule has 1 aliphatic carbocycles. The van der Waals surface area contributed by atoms with Crippen LogP contribution in [0, 0.1) is 0 Å². The fourth-order valence-electron chi connectivity index (χ4n) is 2.74. The summed E-state index contributed by atoms with van der Waals surface area (Å²) in [7, 11) is 0. The van der Waals surface area contributed by atoms with Crippen molar-refractivity contribution in [2.24, 2.45) is 5.73 Å². The van der Waals surface area contributed by atoms with Crippen molar-refractivity contribution in [2.75, 3.05) is 0 Å². The molecule has 0 aromatic carbocycles. The predicted molar refractivity (Wildman–Crippen MR) is 64.1 cm³/mol. The second-order valence-electron chi connectivity index (χ2n) is 5.12. The second-order valence-corrected chi connectivity index (χ2v) is 5.12. The smallest absolute Gasteiger partial charge is 0.140 e. The average Bonchev–Trinajstić information content (AvgIpc) is 2.72. The van der Waals surface area contributed by atoms with Crippen LogP contribution < -0.4 is 5.73 Å². The highest BCUT2D eigenvalue weighted by molar-refractivity contribution is 5.12. The number of rotatable bonds is 3. The van der Waals surface area contributed by atoms with E-state index in [2.05, 4.69) is 28.6 Å². The Kier molecular flexibility index (Phi) is 3.28. The van der Waals surface area contributed by atoms with Crippen molar-refractivity contribution in [1.82, 2.24) is 14.8 Å². The maximum atomic E-state index is 6.29. The molecule has 16 heavy (non-hydrogen) atoms. The summed E-state index contributed by atoms with van der Waals surface area (Å²) in [4.78, 5) is 0. The molecule has 2 N–H and O–H groups in total. The van der Waals surface area contributed by atoms with Gasteiger partial charge >= 0.3 is 0 Å². The van der Waals surface area contributed by atoms with E-state index in [-0.39, 0.29) is 11.5 Å². The van der Waals surface area contributed by atoms with Crippen LogP contribution in [-0.4, -0.2) is 20.8 Å². The van der Waals surface area contributed by atoms with Gasteiger partial charge in [-0.3, -0.25) is 0 Å². The maximum Gasteiger partial charge on any atom is 0.140 e. The molecule has 1 heterocycles. The zero-order valence-corrected chi connectivity index (χ0v) is 10.3. The van der Waals surface area contributed by atoms with Crippen molar-refractivity contribution in [3.63, 3.8) is 0 Å². The van der Waals surface area contributed by atoms with Gasteiger partial charge in [-0.05, 0) is 19.3 Å². The van der Waals surface area contributed by atoms with E-state index < -0.39 is 0 Å². The third-order valence-corrected chi connectivity index (χ3v) is 3.87. The van der Waals surface area contributed by atoms with E-state index in [1.165, 1.54) is 12.8 Å². The molecule has 4 heteroatoms. The van der Waals surface area contributed by atoms with E-state index in [4.69, 9.17) is 5.73 Å². The number of aromatic nitrogens is 3. The lowest BCUT2D eigenvalue weighted by Crippen LogP contribution is -2.47. The Labute approximate surface area is 97.2 Å². The van der Waals surface area contributed by atoms with Crippen LogP contribution in [0.15, 0.2) is 6.33 Å². The van der Waals surface area contributed by atoms with Gasteiger partial charge in [0.2, 0.25) is 0 Å². The van der Waals surface area contributed by atoms with Crippen molar-refractivity contribution in [3.8, 4) is 0 Å². The first-order chi connectivity index (χ1) is 7.68. The van der Waals surface area contributed by atoms with Gasteiger partial charge < -0.3 is 10.3 Å². The van der Waals surface area contributed by atoms with Crippen molar-refractivity contribution in [2.45, 2.75) is 64.0 Å². The van der Waals surface area contributed by atoms with Crippen molar-refractivity contribution in [1.29, 1.82) is 0 Å². The number of nitrogens with zero attached hydrogens (tertiary/aromatic N) is 3. The summed E-state index contributed by atoms with van der Waals surface area (Å²) in [6.45, 7) is 5.41. The monoisotopic (exact) mass is 222 g/mol. The molecule has 90 valence electrons. The predicted octanol–water partition coefficient (Wildman–Crippen LogP) is 1.85. The van der Waals surface area contributed by atoms with Crippen LogP contribution in [0.3, 0.4) is 0 Å². The normalized spacial score (nSPS) is 30.6. The second kappa shape index (κ2) is 4.53. The van der Waals surface area contributed by atoms with E-state index >= 15 is 0 Å². The van der Waals surface area contributed by atoms with Gasteiger partial charge in [0.05, 0.1) is 0 Å². The molecular weight excluding hydrogens is 200 g/mol. The van der Waals surface area contributed by atoms with E-state index in [1.807, 2.05) is 6.33 Å². The van der Waals surface area contributed by atoms with Crippen molar-refractivity contribution in [3.05, 3.63) is 12.2 Å². The summed E-state index contributed by atoms with van der Waals surface area (Å²) in [6.07, 6.45) is 7.69. The molecule has 2 rings (SSSR count). The standard InChI is InChI=1S/C12H22N4/c1-3-8-16-9-14-15-11(16)12(2)7-5-4-6-10(12)13/h9-10H,3-8,13H2,1-2H3. The summed E-state index contributed by atoms with van der Waals surface area (Å²) in [5.74, 6) is 1.08. The fourth-order valence-corrected chi connectivity index (χ4v) is 2.74. The summed E-state index contributed by atoms with van der Waals surface area (Å²) in [5, 5.41) is 8.37. The molecule has 0 bridgehead atoms. The Morgan fingerprint density at radius 3 is 3.06 bits per heavy atom. The van der Waals surface area contributed by atoms with Gasteiger partial charge in [0.25, 0.3) is 0 Å². The topological polar surface area (TPSA) is 56.7 Å². The van der Waals surface area contributed by atoms with Gasteiger partial charge in [-0.25, -0.2) is 0 Å². The van der Waals surface area contributed by atoms with Crippen LogP contribution in [0.2, 0.25) is 0 Å². The number of hydrogen-bond donors (Lipinski definition) is 1. The fraction of sp³-hybridized carbons (Fsp3) is 0.833. The molecule has 0 aliphatic heterocycles. The van der Waals surface area contributed by atoms with Crippen LogP contribution in [0.4, 0.5) is 0 Å². The molecule has 0 saturated heterocycles. The Morgan fingerprint density at radius 2 is 2.38 bits per heavy atom. The average molecular weight is 222 g/mol. The summed E-state index contributed by atoms with van der Waals surface area (Å²) >= 11 is 0. The Balaban J connectivity index is 2.29. The molecule has 2 atom stereocenters. The zero-order chi connectivity index (χ0) is 11.6. The van der Waals surface area contributed by atoms with E-state index in [9.17, 15) is 0 Å². The van der Waals surface area contributed by atoms with Crippen LogP contribution in [0.1, 0.15) is 51.8 Å². The van der Waals surface area contributed by atoms with Gasteiger partial charge in [-0.15, -0.1) is 10.2 Å². The third kappa shape index (κ3) is 1.86. The minimum Gasteiger partial charge on any atom is -0.327 e. The zero-order valence-electron chi connectivity index (χ0n) is 10.3. The molecular formula is C12H22N4. The van der Waals surface area contributed by atoms with E-state index in [1.54, 1.807) is 0 Å². The van der Waals surface area contributed by atoms with Crippen molar-refractivity contribution < 1.29 is 0 Å². The summed E-state index contributed by atoms with van der Waals surface area (Å²) < 4.78 is 2.17. The minimum absolute atomic E-state index is 0.0178. The Bertz CT molecular complexity index is 347. The van der Waals surface area contributed by atoms with Gasteiger partial charge in [0.1, 0.15) is 12.2 Å². The Morgan fingerprint density at radius 1 is 1.56 bits per heavy atom. The molecule has 2 unspecified atom stereocenters. The van der Waals surface area contributed by atoms with Gasteiger partial charge in [-0.1, -0.05) is 26.7 Å². The molecule has 0 amide bonds. The first-order valence-electron chi connectivity index (χ1n) is 6.32. The molecule has 1 aromatic heterocycles. The lowest BCUT2D eigenvalue weighted by molar-refractivity contribution is 0.250. The minimum atomic E-state index is 0.0178. The first-order valence-corrected chi connectivity index (χ1v) is 6.32. The van der Waals surface area contributed by atoms with Crippen LogP contribution in [0.5, 0.6) is 0 Å². The van der Waals surface area contributed by atoms with Crippen LogP contribution in [0.25, 0.3) is 0 Å². The van der Waals surface area contributed by atoms with Gasteiger partial charge in [0, 0.05) is 18.0 Å². The molecule has 4 nitrogen and oxygen atoms in total. The van der Waals surface area contributed by atoms with E-state index in [0.29, 0.717) is 0 Å². The lowest BCUT2D eigenvalue weighted by Gasteiger charge is -2.38. The summed E-state index contributed by atoms with van der Waals surface area (Å²) in [6, 6.07) is 0.223. The molecule has 1 aromatic rings. The van der Waals surface area contributed by atoms with Crippen molar-refractivity contribution >= 4 is 0 Å². The molecule has 1 saturated carbocycles. The lowest BCUT2D eigenvalue weighted by atomic mass is 9.71. The maximum absolute atomic E-state index is 6.29. The number of aryl methyl sites for hydroxylation is 1. The highest BCUT2D eigenvalue weighted by Gasteiger charge is 2.39. The highest BCUT2D eigenvalue weighted by atomic mass is 15.3. The number of nitrogens with two attached hydrogens (primary N) is 1. The molecule has 0 radical (unpaired) electrons. The quantitative estimate of drug-likeness (QED) is 0.849. The largest absolute Gasteiger partial charge is 0.327 e. The Hall–Kier alpha value is -0.900. The van der Waals surface area contributed by atoms with Crippen LogP contribution in [-0.2, 0) is 12.0 Å². The molecule has 1 fully saturated rings. The first kappa shape index (κ1) is 11.6. The number of hydrogen-bond acceptors (Lipinski definition) is 3.